The lowest BCUT2D eigenvalue weighted by molar-refractivity contribution is 0.0856. The molecule has 0 spiro atoms. The number of ether oxygens (including phenoxy) is 1. The van der Waals surface area contributed by atoms with Crippen LogP contribution in [0.1, 0.15) is 22.8 Å². The molecule has 0 N–H and O–H groups in total. The molecule has 0 bridgehead atoms. The fraction of sp³-hybridized carbons (Fsp3) is 0.562. The third kappa shape index (κ3) is 3.96. The molecule has 1 aromatic rings. The molecule has 0 aromatic heterocycles. The van der Waals surface area contributed by atoms with Gasteiger partial charge in [0.05, 0.1) is 19.2 Å². The van der Waals surface area contributed by atoms with Gasteiger partial charge >= 0.3 is 0 Å². The summed E-state index contributed by atoms with van der Waals surface area (Å²) < 4.78 is 5.32. The van der Waals surface area contributed by atoms with E-state index in [1.165, 1.54) is 0 Å². The molecule has 0 aliphatic carbocycles. The minimum Gasteiger partial charge on any atom is -0.496 e. The van der Waals surface area contributed by atoms with Crippen LogP contribution in [0, 0.1) is 6.92 Å². The molecular formula is C16H23ClN2O2. The van der Waals surface area contributed by atoms with Gasteiger partial charge in [0.15, 0.2) is 5.78 Å². The van der Waals surface area contributed by atoms with Gasteiger partial charge in [-0.3, -0.25) is 9.69 Å². The number of aryl methyl sites for hydroxylation is 1. The Balaban J connectivity index is 2.05. The average molecular weight is 311 g/mol. The summed E-state index contributed by atoms with van der Waals surface area (Å²) in [7, 11) is 1.58. The maximum Gasteiger partial charge on any atom is 0.180 e. The molecule has 1 fully saturated rings. The minimum atomic E-state index is 0.0682. The van der Waals surface area contributed by atoms with E-state index in [9.17, 15) is 4.79 Å². The van der Waals surface area contributed by atoms with E-state index in [4.69, 9.17) is 16.3 Å². The SMILES string of the molecule is CCN1CCN(CC(=O)c2cc(Cl)c(C)cc2OC)CC1. The number of hydrogen-bond donors (Lipinski definition) is 0. The number of hydrogen-bond acceptors (Lipinski definition) is 4. The number of Topliss-reactive ketones (excluding diaryl/α,β-unsaturated/α-hetero) is 1. The van der Waals surface area contributed by atoms with Crippen molar-refractivity contribution in [1.29, 1.82) is 0 Å². The van der Waals surface area contributed by atoms with Crippen LogP contribution < -0.4 is 4.74 Å². The highest BCUT2D eigenvalue weighted by atomic mass is 35.5. The van der Waals surface area contributed by atoms with Gasteiger partial charge in [-0.2, -0.15) is 0 Å². The molecule has 0 unspecified atom stereocenters. The summed E-state index contributed by atoms with van der Waals surface area (Å²) in [6.45, 7) is 9.48. The van der Waals surface area contributed by atoms with Crippen molar-refractivity contribution < 1.29 is 9.53 Å². The van der Waals surface area contributed by atoms with Crippen LogP contribution in [-0.2, 0) is 0 Å². The van der Waals surface area contributed by atoms with Crippen LogP contribution in [0.15, 0.2) is 12.1 Å². The van der Waals surface area contributed by atoms with Gasteiger partial charge in [-0.15, -0.1) is 0 Å². The lowest BCUT2D eigenvalue weighted by Gasteiger charge is -2.33. The molecule has 4 nitrogen and oxygen atoms in total. The first kappa shape index (κ1) is 16.3. The molecule has 1 aliphatic rings. The largest absolute Gasteiger partial charge is 0.496 e. The van der Waals surface area contributed by atoms with E-state index in [1.807, 2.05) is 13.0 Å². The van der Waals surface area contributed by atoms with Crippen molar-refractivity contribution in [2.75, 3.05) is 46.4 Å². The molecule has 1 aromatic carbocycles. The second-order valence-electron chi connectivity index (χ2n) is 5.44. The Kier molecular flexibility index (Phi) is 5.62. The lowest BCUT2D eigenvalue weighted by atomic mass is 10.1. The molecule has 116 valence electrons. The molecule has 0 amide bonds. The summed E-state index contributed by atoms with van der Waals surface area (Å²) in [5, 5.41) is 0.606. The molecule has 1 saturated heterocycles. The number of carbonyl (C=O) groups is 1. The Labute approximate surface area is 131 Å². The molecular weight excluding hydrogens is 288 g/mol. The number of carbonyl (C=O) groups excluding carboxylic acids is 1. The fourth-order valence-electron chi connectivity index (χ4n) is 2.59. The summed E-state index contributed by atoms with van der Waals surface area (Å²) in [5.74, 6) is 0.674. The second-order valence-corrected chi connectivity index (χ2v) is 5.84. The van der Waals surface area contributed by atoms with Crippen molar-refractivity contribution in [1.82, 2.24) is 9.80 Å². The third-order valence-electron chi connectivity index (χ3n) is 4.06. The quantitative estimate of drug-likeness (QED) is 0.782. The summed E-state index contributed by atoms with van der Waals surface area (Å²) in [5.41, 5.74) is 1.49. The van der Waals surface area contributed by atoms with Crippen LogP contribution in [-0.4, -0.2) is 62.0 Å². The second kappa shape index (κ2) is 7.25. The van der Waals surface area contributed by atoms with Gasteiger partial charge < -0.3 is 9.64 Å². The van der Waals surface area contributed by atoms with E-state index in [-0.39, 0.29) is 5.78 Å². The summed E-state index contributed by atoms with van der Waals surface area (Å²) >= 11 is 6.14. The van der Waals surface area contributed by atoms with Crippen LogP contribution >= 0.6 is 11.6 Å². The molecule has 2 rings (SSSR count). The van der Waals surface area contributed by atoms with Crippen LogP contribution in [0.3, 0.4) is 0 Å². The van der Waals surface area contributed by atoms with Crippen molar-refractivity contribution >= 4 is 17.4 Å². The highest BCUT2D eigenvalue weighted by Gasteiger charge is 2.21. The number of likely N-dealkylation sites (N-methyl/N-ethyl adjacent to an activating group) is 1. The maximum atomic E-state index is 12.5. The topological polar surface area (TPSA) is 32.8 Å². The van der Waals surface area contributed by atoms with E-state index in [0.29, 0.717) is 22.9 Å². The first-order valence-electron chi connectivity index (χ1n) is 7.37. The van der Waals surface area contributed by atoms with E-state index in [1.54, 1.807) is 13.2 Å². The van der Waals surface area contributed by atoms with Gasteiger partial charge in [-0.1, -0.05) is 18.5 Å². The Bertz CT molecular complexity index is 511. The summed E-state index contributed by atoms with van der Waals surface area (Å²) in [6.07, 6.45) is 0. The Morgan fingerprint density at radius 1 is 1.24 bits per heavy atom. The van der Waals surface area contributed by atoms with Crippen molar-refractivity contribution in [3.63, 3.8) is 0 Å². The normalized spacial score (nSPS) is 17.0. The van der Waals surface area contributed by atoms with Gasteiger partial charge in [0.1, 0.15) is 5.75 Å². The maximum absolute atomic E-state index is 12.5. The number of ketones is 1. The zero-order chi connectivity index (χ0) is 15.4. The molecule has 21 heavy (non-hydrogen) atoms. The Morgan fingerprint density at radius 3 is 2.43 bits per heavy atom. The fourth-order valence-corrected chi connectivity index (χ4v) is 2.76. The van der Waals surface area contributed by atoms with E-state index < -0.39 is 0 Å². The number of halogens is 1. The molecule has 0 saturated carbocycles. The van der Waals surface area contributed by atoms with Crippen molar-refractivity contribution in [3.8, 4) is 5.75 Å². The molecule has 0 atom stereocenters. The van der Waals surface area contributed by atoms with Crippen molar-refractivity contribution in [2.24, 2.45) is 0 Å². The van der Waals surface area contributed by atoms with Crippen LogP contribution in [0.25, 0.3) is 0 Å². The van der Waals surface area contributed by atoms with Gasteiger partial charge in [-0.25, -0.2) is 0 Å². The first-order chi connectivity index (χ1) is 10.0. The number of methoxy groups -OCH3 is 1. The molecule has 0 radical (unpaired) electrons. The lowest BCUT2D eigenvalue weighted by Crippen LogP contribution is -2.47. The highest BCUT2D eigenvalue weighted by molar-refractivity contribution is 6.31. The van der Waals surface area contributed by atoms with Gasteiger partial charge in [0, 0.05) is 31.2 Å². The molecule has 1 aliphatic heterocycles. The van der Waals surface area contributed by atoms with E-state index in [2.05, 4.69) is 16.7 Å². The molecule has 5 heteroatoms. The van der Waals surface area contributed by atoms with Gasteiger partial charge in [0.25, 0.3) is 0 Å². The van der Waals surface area contributed by atoms with Crippen LogP contribution in [0.5, 0.6) is 5.75 Å². The third-order valence-corrected chi connectivity index (χ3v) is 4.47. The number of benzene rings is 1. The van der Waals surface area contributed by atoms with E-state index >= 15 is 0 Å². The zero-order valence-corrected chi connectivity index (χ0v) is 13.7. The monoisotopic (exact) mass is 310 g/mol. The summed E-state index contributed by atoms with van der Waals surface area (Å²) in [6, 6.07) is 3.55. The highest BCUT2D eigenvalue weighted by Crippen LogP contribution is 2.27. The number of nitrogens with zero attached hydrogens (tertiary/aromatic N) is 2. The Morgan fingerprint density at radius 2 is 1.86 bits per heavy atom. The van der Waals surface area contributed by atoms with E-state index in [0.717, 1.165) is 38.3 Å². The number of rotatable bonds is 5. The standard InChI is InChI=1S/C16H23ClN2O2/c1-4-18-5-7-19(8-6-18)11-15(20)13-10-14(17)12(2)9-16(13)21-3/h9-10H,4-8,11H2,1-3H3. The Hall–Kier alpha value is -1.10. The predicted molar refractivity (Wildman–Crippen MR) is 85.6 cm³/mol. The average Bonchev–Trinajstić information content (AvgIpc) is 2.50. The van der Waals surface area contributed by atoms with Crippen molar-refractivity contribution in [3.05, 3.63) is 28.3 Å². The van der Waals surface area contributed by atoms with Gasteiger partial charge in [-0.05, 0) is 31.2 Å². The van der Waals surface area contributed by atoms with Gasteiger partial charge in [0.2, 0.25) is 0 Å². The predicted octanol–water partition coefficient (Wildman–Crippen LogP) is 2.48. The van der Waals surface area contributed by atoms with Crippen LogP contribution in [0.2, 0.25) is 5.02 Å². The first-order valence-corrected chi connectivity index (χ1v) is 7.75. The van der Waals surface area contributed by atoms with Crippen molar-refractivity contribution in [2.45, 2.75) is 13.8 Å². The van der Waals surface area contributed by atoms with Crippen LogP contribution in [0.4, 0.5) is 0 Å². The zero-order valence-electron chi connectivity index (χ0n) is 13.0. The minimum absolute atomic E-state index is 0.0682. The molecule has 1 heterocycles. The number of piperazine rings is 1. The smallest absolute Gasteiger partial charge is 0.180 e. The summed E-state index contributed by atoms with van der Waals surface area (Å²) in [4.78, 5) is 17.1.